The highest BCUT2D eigenvalue weighted by Crippen LogP contribution is 2.22. The van der Waals surface area contributed by atoms with Gasteiger partial charge in [-0.15, -0.1) is 10.2 Å². The number of nitrogens with one attached hydrogen (secondary N) is 1. The third kappa shape index (κ3) is 4.86. The Balaban J connectivity index is 1.35. The number of aromatic nitrogens is 2. The summed E-state index contributed by atoms with van der Waals surface area (Å²) in [7, 11) is 0. The summed E-state index contributed by atoms with van der Waals surface area (Å²) in [5.41, 5.74) is 2.56. The van der Waals surface area contributed by atoms with Crippen molar-refractivity contribution in [2.45, 2.75) is 26.3 Å². The van der Waals surface area contributed by atoms with Crippen molar-refractivity contribution >= 4 is 11.5 Å². The van der Waals surface area contributed by atoms with Gasteiger partial charge in [0.2, 0.25) is 0 Å². The van der Waals surface area contributed by atoms with E-state index in [2.05, 4.69) is 47.5 Å². The summed E-state index contributed by atoms with van der Waals surface area (Å²) in [6, 6.07) is 13.9. The van der Waals surface area contributed by atoms with Gasteiger partial charge in [0.25, 0.3) is 17.7 Å². The Morgan fingerprint density at radius 2 is 2.03 bits per heavy atom. The Labute approximate surface area is 176 Å². The maximum atomic E-state index is 12.9. The molecule has 0 saturated carbocycles. The zero-order valence-electron chi connectivity index (χ0n) is 17.2. The van der Waals surface area contributed by atoms with Crippen LogP contribution in [0.1, 0.15) is 31.2 Å². The lowest BCUT2D eigenvalue weighted by molar-refractivity contribution is -0.907. The first-order valence-corrected chi connectivity index (χ1v) is 10.4. The Kier molecular flexibility index (Phi) is 6.39. The number of hydrogen-bond donors (Lipinski definition) is 1. The molecule has 3 heterocycles. The van der Waals surface area contributed by atoms with Gasteiger partial charge in [0.1, 0.15) is 0 Å². The molecule has 1 aromatic carbocycles. The Morgan fingerprint density at radius 3 is 2.73 bits per heavy atom. The van der Waals surface area contributed by atoms with Crippen molar-refractivity contribution in [1.29, 1.82) is 0 Å². The van der Waals surface area contributed by atoms with E-state index in [0.29, 0.717) is 37.2 Å². The lowest BCUT2D eigenvalue weighted by atomic mass is 9.99. The first-order chi connectivity index (χ1) is 14.7. The average Bonchev–Trinajstić information content (AvgIpc) is 3.47. The van der Waals surface area contributed by atoms with Gasteiger partial charge in [0, 0.05) is 13.1 Å². The molecular weight excluding hydrogens is 380 g/mol. The van der Waals surface area contributed by atoms with Gasteiger partial charge in [-0.25, -0.2) is 0 Å². The van der Waals surface area contributed by atoms with Crippen LogP contribution in [-0.2, 0) is 11.3 Å². The summed E-state index contributed by atoms with van der Waals surface area (Å²) in [4.78, 5) is 16.0. The minimum Gasteiger partial charge on any atom is -0.459 e. The van der Waals surface area contributed by atoms with Gasteiger partial charge in [-0.1, -0.05) is 43.3 Å². The summed E-state index contributed by atoms with van der Waals surface area (Å²) in [6.45, 7) is 5.33. The van der Waals surface area contributed by atoms with E-state index in [1.165, 1.54) is 11.1 Å². The van der Waals surface area contributed by atoms with Crippen LogP contribution in [0.5, 0.6) is 0 Å². The minimum atomic E-state index is 0.160. The van der Waals surface area contributed by atoms with Gasteiger partial charge in [-0.3, -0.25) is 4.79 Å². The Morgan fingerprint density at radius 1 is 1.17 bits per heavy atom. The van der Waals surface area contributed by atoms with Crippen LogP contribution in [0.3, 0.4) is 0 Å². The molecule has 156 valence electrons. The molecule has 2 aromatic heterocycles. The lowest BCUT2D eigenvalue weighted by Crippen LogP contribution is -3.12. The Bertz CT molecular complexity index is 979. The molecular formula is C23H27N4O3+. The molecule has 7 nitrogen and oxygen atoms in total. The molecule has 1 unspecified atom stereocenters. The fourth-order valence-corrected chi connectivity index (χ4v) is 3.77. The number of rotatable bonds is 8. The van der Waals surface area contributed by atoms with Crippen molar-refractivity contribution in [2.75, 3.05) is 26.2 Å². The highest BCUT2D eigenvalue weighted by Gasteiger charge is 2.24. The van der Waals surface area contributed by atoms with Crippen LogP contribution in [0.15, 0.2) is 63.6 Å². The molecule has 30 heavy (non-hydrogen) atoms. The summed E-state index contributed by atoms with van der Waals surface area (Å²) in [5.74, 6) is 1.60. The van der Waals surface area contributed by atoms with Gasteiger partial charge >= 0.3 is 0 Å². The molecule has 0 aliphatic carbocycles. The van der Waals surface area contributed by atoms with Crippen LogP contribution in [0.4, 0.5) is 0 Å². The van der Waals surface area contributed by atoms with Gasteiger partial charge in [-0.05, 0) is 36.1 Å². The monoisotopic (exact) mass is 407 g/mol. The average molecular weight is 407 g/mol. The topological polar surface area (TPSA) is 76.8 Å². The molecule has 1 aliphatic rings. The van der Waals surface area contributed by atoms with E-state index in [0.717, 1.165) is 30.8 Å². The van der Waals surface area contributed by atoms with E-state index in [9.17, 15) is 4.79 Å². The normalized spacial score (nSPS) is 15.1. The zero-order chi connectivity index (χ0) is 20.8. The molecule has 0 radical (unpaired) electrons. The third-order valence-electron chi connectivity index (χ3n) is 5.31. The molecule has 3 aromatic rings. The number of carbonyl (C=O) groups excluding carboxylic acids is 1. The first-order valence-electron chi connectivity index (χ1n) is 10.4. The zero-order valence-corrected chi connectivity index (χ0v) is 17.2. The van der Waals surface area contributed by atoms with Gasteiger partial charge in [-0.2, -0.15) is 0 Å². The second-order valence-electron chi connectivity index (χ2n) is 7.52. The van der Waals surface area contributed by atoms with Crippen molar-refractivity contribution in [3.63, 3.8) is 0 Å². The van der Waals surface area contributed by atoms with Crippen molar-refractivity contribution in [2.24, 2.45) is 0 Å². The minimum absolute atomic E-state index is 0.160. The van der Waals surface area contributed by atoms with E-state index in [-0.39, 0.29) is 5.91 Å². The third-order valence-corrected chi connectivity index (χ3v) is 5.31. The van der Waals surface area contributed by atoms with E-state index < -0.39 is 0 Å². The van der Waals surface area contributed by atoms with Crippen molar-refractivity contribution in [3.8, 4) is 11.7 Å². The molecule has 0 spiro atoms. The summed E-state index contributed by atoms with van der Waals surface area (Å²) in [5, 5.41) is 8.18. The summed E-state index contributed by atoms with van der Waals surface area (Å²) in [6.07, 6.45) is 5.60. The van der Waals surface area contributed by atoms with Crippen LogP contribution < -0.4 is 4.90 Å². The lowest BCUT2D eigenvalue weighted by Gasteiger charge is -2.28. The molecule has 0 bridgehead atoms. The number of quaternary nitrogens is 1. The fraction of sp³-hybridized carbons (Fsp3) is 0.348. The van der Waals surface area contributed by atoms with Crippen molar-refractivity contribution in [1.82, 2.24) is 15.1 Å². The highest BCUT2D eigenvalue weighted by atomic mass is 16.4. The molecule has 7 heteroatoms. The molecule has 1 amide bonds. The molecule has 1 atom stereocenters. The summed E-state index contributed by atoms with van der Waals surface area (Å²) >= 11 is 0. The number of benzene rings is 1. The number of furan rings is 1. The van der Waals surface area contributed by atoms with Crippen LogP contribution in [0.2, 0.25) is 0 Å². The van der Waals surface area contributed by atoms with Crippen LogP contribution in [-0.4, -0.2) is 47.2 Å². The molecule has 0 fully saturated rings. The Hall–Kier alpha value is -3.19. The number of amides is 1. The number of nitrogens with zero attached hydrogens (tertiary/aromatic N) is 3. The smallest absolute Gasteiger partial charge is 0.283 e. The van der Waals surface area contributed by atoms with Crippen LogP contribution in [0.25, 0.3) is 17.2 Å². The molecule has 4 rings (SSSR count). The predicted octanol–water partition coefficient (Wildman–Crippen LogP) is 2.44. The quantitative estimate of drug-likeness (QED) is 0.621. The molecule has 0 saturated heterocycles. The second-order valence-corrected chi connectivity index (χ2v) is 7.52. The van der Waals surface area contributed by atoms with E-state index >= 15 is 0 Å². The van der Waals surface area contributed by atoms with Crippen molar-refractivity contribution in [3.05, 3.63) is 66.3 Å². The fourth-order valence-electron chi connectivity index (χ4n) is 3.77. The van der Waals surface area contributed by atoms with E-state index in [1.54, 1.807) is 18.4 Å². The van der Waals surface area contributed by atoms with E-state index in [1.807, 2.05) is 11.0 Å². The van der Waals surface area contributed by atoms with Crippen molar-refractivity contribution < 1.29 is 18.5 Å². The van der Waals surface area contributed by atoms with E-state index in [4.69, 9.17) is 8.83 Å². The second kappa shape index (κ2) is 9.54. The largest absolute Gasteiger partial charge is 0.459 e. The molecule has 1 N–H and O–H groups in total. The standard InChI is InChI=1S/C23H26N4O3/c1-2-12-26(16-21-24-25-23(30-21)20-9-6-15-29-20)17-22(28)27-13-10-19(11-14-27)18-7-4-3-5-8-18/h3-10,15H,2,11-14,16-17H2,1H3/p+1. The van der Waals surface area contributed by atoms with Gasteiger partial charge in [0.05, 0.1) is 12.8 Å². The van der Waals surface area contributed by atoms with Crippen LogP contribution >= 0.6 is 0 Å². The van der Waals surface area contributed by atoms with Crippen LogP contribution in [0, 0.1) is 0 Å². The number of carbonyl (C=O) groups is 1. The highest BCUT2D eigenvalue weighted by molar-refractivity contribution is 5.79. The van der Waals surface area contributed by atoms with Gasteiger partial charge < -0.3 is 18.6 Å². The summed E-state index contributed by atoms with van der Waals surface area (Å²) < 4.78 is 11.0. The molecule has 1 aliphatic heterocycles. The van der Waals surface area contributed by atoms with Gasteiger partial charge in [0.15, 0.2) is 18.8 Å². The first kappa shape index (κ1) is 20.1. The maximum Gasteiger partial charge on any atom is 0.283 e. The predicted molar refractivity (Wildman–Crippen MR) is 112 cm³/mol. The number of hydrogen-bond acceptors (Lipinski definition) is 5. The maximum absolute atomic E-state index is 12.9. The SMILES string of the molecule is CCC[NH+](CC(=O)N1CC=C(c2ccccc2)CC1)Cc1nnc(-c2ccco2)o1.